The maximum atomic E-state index is 2.48. The Kier molecular flexibility index (Phi) is 13.7. The zero-order valence-corrected chi connectivity index (χ0v) is 40.1. The summed E-state index contributed by atoms with van der Waals surface area (Å²) in [6.07, 6.45) is 1.05. The van der Waals surface area contributed by atoms with Gasteiger partial charge in [0.1, 0.15) is 0 Å². The molecule has 59 heavy (non-hydrogen) atoms. The van der Waals surface area contributed by atoms with Crippen LogP contribution in [0, 0.1) is 5.92 Å². The third-order valence-corrected chi connectivity index (χ3v) is 18.1. The summed E-state index contributed by atoms with van der Waals surface area (Å²) in [7, 11) is -1.70. The average molecular weight is 817 g/mol. The molecule has 0 saturated heterocycles. The van der Waals surface area contributed by atoms with E-state index in [4.69, 9.17) is 0 Å². The number of hydrogen-bond acceptors (Lipinski definition) is 0. The predicted octanol–water partition coefficient (Wildman–Crippen LogP) is 15.0. The van der Waals surface area contributed by atoms with Crippen LogP contribution in [0.1, 0.15) is 141 Å². The molecule has 2 heteroatoms. The summed E-state index contributed by atoms with van der Waals surface area (Å²) in [5.41, 5.74) is 9.25. The fourth-order valence-corrected chi connectivity index (χ4v) is 14.9. The molecule has 0 N–H and O–H groups in total. The van der Waals surface area contributed by atoms with Gasteiger partial charge in [0.25, 0.3) is 0 Å². The maximum Gasteiger partial charge on any atom is 0.0160 e. The van der Waals surface area contributed by atoms with Crippen LogP contribution in [0.3, 0.4) is 0 Å². The summed E-state index contributed by atoms with van der Waals surface area (Å²) >= 11 is 0. The number of hydrogen-bond donors (Lipinski definition) is 0. The van der Waals surface area contributed by atoms with Crippen molar-refractivity contribution in [2.75, 3.05) is 0 Å². The molecule has 0 bridgehead atoms. The molecule has 0 radical (unpaired) electrons. The molecular weight excluding hydrogens is 747 g/mol. The first kappa shape index (κ1) is 44.7. The molecule has 0 spiro atoms. The Morgan fingerprint density at radius 2 is 0.542 bits per heavy atom. The maximum absolute atomic E-state index is 2.48. The molecule has 0 fully saturated rings. The molecule has 0 aliphatic heterocycles. The van der Waals surface area contributed by atoms with Crippen LogP contribution in [-0.4, -0.2) is 0 Å². The Labute approximate surface area is 361 Å². The van der Waals surface area contributed by atoms with E-state index < -0.39 is 15.8 Å². The molecule has 0 nitrogen and oxygen atoms in total. The van der Waals surface area contributed by atoms with Crippen molar-refractivity contribution in [1.82, 2.24) is 0 Å². The molecule has 308 valence electrons. The van der Waals surface area contributed by atoms with Gasteiger partial charge in [0, 0.05) is 11.3 Å². The van der Waals surface area contributed by atoms with Gasteiger partial charge in [0.05, 0.1) is 0 Å². The van der Waals surface area contributed by atoms with Gasteiger partial charge in [0.15, 0.2) is 0 Å². The predicted molar refractivity (Wildman–Crippen MR) is 265 cm³/mol. The van der Waals surface area contributed by atoms with E-state index >= 15 is 0 Å². The second-order valence-corrected chi connectivity index (χ2v) is 25.4. The van der Waals surface area contributed by atoms with Gasteiger partial charge < -0.3 is 0 Å². The van der Waals surface area contributed by atoms with Gasteiger partial charge in [-0.3, -0.25) is 0 Å². The van der Waals surface area contributed by atoms with E-state index in [2.05, 4.69) is 248 Å². The fourth-order valence-electron chi connectivity index (χ4n) is 8.52. The lowest BCUT2D eigenvalue weighted by molar-refractivity contribution is 0.478. The SMILES string of the molecule is CCC(C(c1ccccc1)P(c1ccc(C(C)(C)C)cc1)c1ccc(C(C)(C)C)cc1)C(c1ccccc1)P(c1ccc(C(C)(C)C)cc1)c1ccc(C(C)(C)C)cc1. The van der Waals surface area contributed by atoms with Crippen molar-refractivity contribution in [3.05, 3.63) is 191 Å². The molecular formula is C57H70P2. The molecule has 0 saturated carbocycles. The Balaban J connectivity index is 1.65. The highest BCUT2D eigenvalue weighted by Crippen LogP contribution is 2.64. The van der Waals surface area contributed by atoms with Crippen molar-refractivity contribution >= 4 is 37.1 Å². The van der Waals surface area contributed by atoms with Gasteiger partial charge in [-0.25, -0.2) is 0 Å². The van der Waals surface area contributed by atoms with Gasteiger partial charge in [-0.05, 0) is 98.0 Å². The Morgan fingerprint density at radius 1 is 0.322 bits per heavy atom. The molecule has 6 rings (SSSR count). The van der Waals surface area contributed by atoms with Crippen LogP contribution in [-0.2, 0) is 21.7 Å². The third-order valence-electron chi connectivity index (χ3n) is 12.2. The highest BCUT2D eigenvalue weighted by Gasteiger charge is 2.41. The van der Waals surface area contributed by atoms with Crippen LogP contribution in [0.15, 0.2) is 158 Å². The van der Waals surface area contributed by atoms with Crippen molar-refractivity contribution in [3.63, 3.8) is 0 Å². The monoisotopic (exact) mass is 816 g/mol. The molecule has 6 aromatic carbocycles. The molecule has 2 unspecified atom stereocenters. The van der Waals surface area contributed by atoms with Crippen LogP contribution in [0.4, 0.5) is 0 Å². The molecule has 0 aliphatic rings. The largest absolute Gasteiger partial charge is 0.0650 e. The summed E-state index contributed by atoms with van der Waals surface area (Å²) in [6.45, 7) is 30.4. The minimum Gasteiger partial charge on any atom is -0.0650 e. The standard InChI is InChI=1S/C57H70P2/c1-14-51(52(41-21-17-15-18-22-41)58(47-33-25-43(26-34-47)54(2,3)4)48-35-27-44(28-36-48)55(5,6)7)53(42-23-19-16-20-24-42)59(49-37-29-45(30-38-49)56(8,9)10)50-39-31-46(32-40-50)57(11,12)13/h15-40,51-53H,14H2,1-13H3. The van der Waals surface area contributed by atoms with Crippen molar-refractivity contribution in [2.24, 2.45) is 5.92 Å². The van der Waals surface area contributed by atoms with E-state index in [0.29, 0.717) is 5.92 Å². The smallest absolute Gasteiger partial charge is 0.0160 e. The van der Waals surface area contributed by atoms with Gasteiger partial charge in [0.2, 0.25) is 0 Å². The zero-order chi connectivity index (χ0) is 42.8. The second-order valence-electron chi connectivity index (χ2n) is 20.7. The van der Waals surface area contributed by atoms with E-state index in [0.717, 1.165) is 6.42 Å². The van der Waals surface area contributed by atoms with Gasteiger partial charge in [-0.1, -0.05) is 254 Å². The summed E-state index contributed by atoms with van der Waals surface area (Å²) < 4.78 is 0. The first-order valence-electron chi connectivity index (χ1n) is 21.9. The topological polar surface area (TPSA) is 0 Å². The molecule has 0 aromatic heterocycles. The first-order valence-corrected chi connectivity index (χ1v) is 24.7. The van der Waals surface area contributed by atoms with Gasteiger partial charge in [-0.15, -0.1) is 0 Å². The molecule has 0 heterocycles. The minimum atomic E-state index is -0.848. The molecule has 6 aromatic rings. The summed E-state index contributed by atoms with van der Waals surface area (Å²) in [5, 5.41) is 5.79. The van der Waals surface area contributed by atoms with Crippen molar-refractivity contribution in [1.29, 1.82) is 0 Å². The lowest BCUT2D eigenvalue weighted by Gasteiger charge is -2.43. The summed E-state index contributed by atoms with van der Waals surface area (Å²) in [5.74, 6) is 0.325. The Hall–Kier alpha value is -3.82. The molecule has 0 aliphatic carbocycles. The fraction of sp³-hybridized carbons (Fsp3) is 0.368. The minimum absolute atomic E-state index is 0.0831. The van der Waals surface area contributed by atoms with Crippen LogP contribution in [0.2, 0.25) is 0 Å². The van der Waals surface area contributed by atoms with Crippen LogP contribution in [0.25, 0.3) is 0 Å². The lowest BCUT2D eigenvalue weighted by Crippen LogP contribution is -2.30. The Bertz CT molecular complexity index is 1930. The van der Waals surface area contributed by atoms with Crippen LogP contribution in [0.5, 0.6) is 0 Å². The van der Waals surface area contributed by atoms with E-state index in [1.807, 2.05) is 0 Å². The van der Waals surface area contributed by atoms with Crippen molar-refractivity contribution in [2.45, 2.75) is 129 Å². The average Bonchev–Trinajstić information content (AvgIpc) is 3.20. The third kappa shape index (κ3) is 10.6. The van der Waals surface area contributed by atoms with Gasteiger partial charge in [-0.2, -0.15) is 0 Å². The van der Waals surface area contributed by atoms with Crippen molar-refractivity contribution in [3.8, 4) is 0 Å². The summed E-state index contributed by atoms with van der Waals surface area (Å²) in [4.78, 5) is 0. The van der Waals surface area contributed by atoms with Gasteiger partial charge >= 0.3 is 0 Å². The van der Waals surface area contributed by atoms with Crippen molar-refractivity contribution < 1.29 is 0 Å². The molecule has 0 amide bonds. The second kappa shape index (κ2) is 18.0. The van der Waals surface area contributed by atoms with Crippen LogP contribution < -0.4 is 21.2 Å². The van der Waals surface area contributed by atoms with E-state index in [-0.39, 0.29) is 33.0 Å². The highest BCUT2D eigenvalue weighted by atomic mass is 31.1. The quantitative estimate of drug-likeness (QED) is 0.114. The van der Waals surface area contributed by atoms with E-state index in [1.54, 1.807) is 0 Å². The highest BCUT2D eigenvalue weighted by molar-refractivity contribution is 7.74. The Morgan fingerprint density at radius 3 is 0.729 bits per heavy atom. The summed E-state index contributed by atoms with van der Waals surface area (Å²) in [6, 6.07) is 62.2. The van der Waals surface area contributed by atoms with E-state index in [1.165, 1.54) is 54.6 Å². The normalized spacial score (nSPS) is 14.4. The zero-order valence-electron chi connectivity index (χ0n) is 38.3. The molecule has 2 atom stereocenters. The number of rotatable bonds is 11. The van der Waals surface area contributed by atoms with E-state index in [9.17, 15) is 0 Å². The van der Waals surface area contributed by atoms with Crippen LogP contribution >= 0.6 is 15.8 Å². The lowest BCUT2D eigenvalue weighted by atomic mass is 9.87. The number of benzene rings is 6. The first-order chi connectivity index (χ1) is 27.8.